The summed E-state index contributed by atoms with van der Waals surface area (Å²) in [4.78, 5) is 10.3. The molecule has 1 heteroatoms. The first kappa shape index (κ1) is 9.62. The highest BCUT2D eigenvalue weighted by Crippen LogP contribution is 2.60. The van der Waals surface area contributed by atoms with E-state index in [0.29, 0.717) is 0 Å². The molecule has 2 bridgehead atoms. The van der Waals surface area contributed by atoms with Crippen molar-refractivity contribution in [3.05, 3.63) is 11.6 Å². The van der Waals surface area contributed by atoms with E-state index in [-0.39, 0.29) is 0 Å². The lowest BCUT2D eigenvalue weighted by atomic mass is 9.79. The van der Waals surface area contributed by atoms with Crippen molar-refractivity contribution >= 4 is 6.29 Å². The van der Waals surface area contributed by atoms with Crippen LogP contribution in [0.2, 0.25) is 0 Å². The molecule has 0 aromatic carbocycles. The average Bonchev–Trinajstić information content (AvgIpc) is 2.89. The van der Waals surface area contributed by atoms with E-state index in [2.05, 4.69) is 6.08 Å². The standard InChI is InChI=1S/C14H20O/c15-7-2-1-4-10-8-11-9-14(10)13-6-3-5-12(11)13/h4,7,11-14H,1-3,5-6,8-9H2/t11?,12-,13-,14?/m0/s1. The van der Waals surface area contributed by atoms with E-state index in [0.717, 1.165) is 42.8 Å². The number of hydrogen-bond donors (Lipinski definition) is 0. The van der Waals surface area contributed by atoms with Gasteiger partial charge in [0, 0.05) is 6.42 Å². The summed E-state index contributed by atoms with van der Waals surface area (Å²) in [6.45, 7) is 0. The van der Waals surface area contributed by atoms with Crippen molar-refractivity contribution in [2.75, 3.05) is 0 Å². The van der Waals surface area contributed by atoms with Crippen LogP contribution in [-0.2, 0) is 4.79 Å². The molecule has 0 aliphatic heterocycles. The largest absolute Gasteiger partial charge is 0.303 e. The topological polar surface area (TPSA) is 17.1 Å². The zero-order chi connectivity index (χ0) is 10.3. The average molecular weight is 204 g/mol. The molecule has 3 rings (SSSR count). The summed E-state index contributed by atoms with van der Waals surface area (Å²) < 4.78 is 0. The minimum Gasteiger partial charge on any atom is -0.303 e. The Balaban J connectivity index is 1.70. The summed E-state index contributed by atoms with van der Waals surface area (Å²) in [6.07, 6.45) is 12.4. The van der Waals surface area contributed by atoms with Crippen LogP contribution in [0.5, 0.6) is 0 Å². The van der Waals surface area contributed by atoms with Crippen LogP contribution in [0.1, 0.15) is 44.9 Å². The predicted molar refractivity (Wildman–Crippen MR) is 60.4 cm³/mol. The summed E-state index contributed by atoms with van der Waals surface area (Å²) in [6, 6.07) is 0. The van der Waals surface area contributed by atoms with Crippen molar-refractivity contribution in [1.82, 2.24) is 0 Å². The second-order valence-electron chi connectivity index (χ2n) is 5.59. The van der Waals surface area contributed by atoms with Gasteiger partial charge in [-0.3, -0.25) is 0 Å². The van der Waals surface area contributed by atoms with Crippen LogP contribution >= 0.6 is 0 Å². The monoisotopic (exact) mass is 204 g/mol. The van der Waals surface area contributed by atoms with Gasteiger partial charge in [-0.05, 0) is 55.8 Å². The molecule has 0 N–H and O–H groups in total. The van der Waals surface area contributed by atoms with Gasteiger partial charge in [0.2, 0.25) is 0 Å². The van der Waals surface area contributed by atoms with E-state index in [1.807, 2.05) is 0 Å². The summed E-state index contributed by atoms with van der Waals surface area (Å²) in [5.74, 6) is 4.06. The Morgan fingerprint density at radius 2 is 2.07 bits per heavy atom. The number of unbranched alkanes of at least 4 members (excludes halogenated alkanes) is 1. The first-order valence-corrected chi connectivity index (χ1v) is 6.52. The Morgan fingerprint density at radius 3 is 2.93 bits per heavy atom. The van der Waals surface area contributed by atoms with Crippen molar-refractivity contribution < 1.29 is 4.79 Å². The zero-order valence-corrected chi connectivity index (χ0v) is 9.32. The van der Waals surface area contributed by atoms with Crippen LogP contribution in [0.3, 0.4) is 0 Å². The number of aldehydes is 1. The number of fused-ring (bicyclic) bond motifs is 5. The lowest BCUT2D eigenvalue weighted by Gasteiger charge is -2.26. The van der Waals surface area contributed by atoms with Gasteiger partial charge in [0.25, 0.3) is 0 Å². The van der Waals surface area contributed by atoms with Gasteiger partial charge in [-0.1, -0.05) is 18.1 Å². The Hall–Kier alpha value is -0.590. The molecule has 3 saturated carbocycles. The van der Waals surface area contributed by atoms with E-state index in [1.165, 1.54) is 32.1 Å². The van der Waals surface area contributed by atoms with E-state index in [1.54, 1.807) is 5.57 Å². The minimum absolute atomic E-state index is 0.717. The SMILES string of the molecule is O=CCCC=C1CC2CC1[C@H]1CCC[C@@H]21. The van der Waals surface area contributed by atoms with Gasteiger partial charge in [0.15, 0.2) is 0 Å². The molecular formula is C14H20O. The number of carbonyl (C=O) groups excluding carboxylic acids is 1. The molecular weight excluding hydrogens is 184 g/mol. The lowest BCUT2D eigenvalue weighted by molar-refractivity contribution is -0.107. The van der Waals surface area contributed by atoms with Crippen LogP contribution < -0.4 is 0 Å². The van der Waals surface area contributed by atoms with Crippen molar-refractivity contribution in [2.45, 2.75) is 44.9 Å². The quantitative estimate of drug-likeness (QED) is 0.391. The third kappa shape index (κ3) is 1.47. The summed E-state index contributed by atoms with van der Waals surface area (Å²) in [5, 5.41) is 0. The number of hydrogen-bond acceptors (Lipinski definition) is 1. The third-order valence-corrected chi connectivity index (χ3v) is 4.97. The molecule has 2 unspecified atom stereocenters. The maximum Gasteiger partial charge on any atom is 0.120 e. The molecule has 0 radical (unpaired) electrons. The highest BCUT2D eigenvalue weighted by Gasteiger charge is 2.51. The molecule has 0 amide bonds. The predicted octanol–water partition coefficient (Wildman–Crippen LogP) is 3.35. The zero-order valence-electron chi connectivity index (χ0n) is 9.32. The molecule has 15 heavy (non-hydrogen) atoms. The van der Waals surface area contributed by atoms with Crippen molar-refractivity contribution in [2.24, 2.45) is 23.7 Å². The first-order valence-electron chi connectivity index (χ1n) is 6.52. The van der Waals surface area contributed by atoms with Crippen LogP contribution in [0, 0.1) is 23.7 Å². The van der Waals surface area contributed by atoms with Gasteiger partial charge in [-0.15, -0.1) is 0 Å². The van der Waals surface area contributed by atoms with Gasteiger partial charge in [0.1, 0.15) is 6.29 Å². The molecule has 0 aromatic rings. The fourth-order valence-electron chi connectivity index (χ4n) is 4.46. The van der Waals surface area contributed by atoms with E-state index >= 15 is 0 Å². The van der Waals surface area contributed by atoms with Gasteiger partial charge < -0.3 is 4.79 Å². The Morgan fingerprint density at radius 1 is 1.20 bits per heavy atom. The molecule has 0 heterocycles. The Bertz CT molecular complexity index is 292. The van der Waals surface area contributed by atoms with Crippen molar-refractivity contribution in [3.8, 4) is 0 Å². The normalized spacial score (nSPS) is 44.9. The highest BCUT2D eigenvalue weighted by atomic mass is 16.1. The molecule has 1 nitrogen and oxygen atoms in total. The van der Waals surface area contributed by atoms with Gasteiger partial charge in [-0.2, -0.15) is 0 Å². The van der Waals surface area contributed by atoms with Crippen molar-refractivity contribution in [3.63, 3.8) is 0 Å². The molecule has 3 aliphatic rings. The smallest absolute Gasteiger partial charge is 0.120 e. The lowest BCUT2D eigenvalue weighted by Crippen LogP contribution is -2.18. The first-order chi connectivity index (χ1) is 7.40. The maximum atomic E-state index is 10.3. The molecule has 3 aliphatic carbocycles. The molecule has 4 atom stereocenters. The fraction of sp³-hybridized carbons (Fsp3) is 0.786. The molecule has 3 fully saturated rings. The number of carbonyl (C=O) groups is 1. The summed E-state index contributed by atoms with van der Waals surface area (Å²) in [5.41, 5.74) is 1.71. The Labute approximate surface area is 91.9 Å². The van der Waals surface area contributed by atoms with E-state index in [9.17, 15) is 4.79 Å². The van der Waals surface area contributed by atoms with Gasteiger partial charge in [0.05, 0.1) is 0 Å². The second-order valence-corrected chi connectivity index (χ2v) is 5.59. The molecule has 82 valence electrons. The van der Waals surface area contributed by atoms with Crippen LogP contribution in [0.15, 0.2) is 11.6 Å². The van der Waals surface area contributed by atoms with Crippen LogP contribution in [0.4, 0.5) is 0 Å². The van der Waals surface area contributed by atoms with Crippen LogP contribution in [-0.4, -0.2) is 6.29 Å². The third-order valence-electron chi connectivity index (χ3n) is 4.97. The number of allylic oxidation sites excluding steroid dienone is 2. The number of rotatable bonds is 3. The highest BCUT2D eigenvalue weighted by molar-refractivity contribution is 5.49. The van der Waals surface area contributed by atoms with E-state index in [4.69, 9.17) is 0 Å². The Kier molecular flexibility index (Phi) is 2.42. The van der Waals surface area contributed by atoms with Crippen LogP contribution in [0.25, 0.3) is 0 Å². The maximum absolute atomic E-state index is 10.3. The molecule has 0 saturated heterocycles. The van der Waals surface area contributed by atoms with Crippen molar-refractivity contribution in [1.29, 1.82) is 0 Å². The molecule has 0 aromatic heterocycles. The summed E-state index contributed by atoms with van der Waals surface area (Å²) >= 11 is 0. The minimum atomic E-state index is 0.717. The summed E-state index contributed by atoms with van der Waals surface area (Å²) in [7, 11) is 0. The second kappa shape index (κ2) is 3.77. The fourth-order valence-corrected chi connectivity index (χ4v) is 4.46. The van der Waals surface area contributed by atoms with Gasteiger partial charge in [-0.25, -0.2) is 0 Å². The molecule has 0 spiro atoms. The van der Waals surface area contributed by atoms with E-state index < -0.39 is 0 Å². The van der Waals surface area contributed by atoms with Gasteiger partial charge >= 0.3 is 0 Å².